The zero-order chi connectivity index (χ0) is 17.7. The molecular formula is C18H24N4O3. The second-order valence-corrected chi connectivity index (χ2v) is 6.07. The zero-order valence-corrected chi connectivity index (χ0v) is 14.6. The maximum absolute atomic E-state index is 13.1. The van der Waals surface area contributed by atoms with Gasteiger partial charge in [0.05, 0.1) is 14.2 Å². The molecule has 134 valence electrons. The second-order valence-electron chi connectivity index (χ2n) is 6.07. The van der Waals surface area contributed by atoms with Gasteiger partial charge < -0.3 is 20.1 Å². The molecule has 0 aliphatic carbocycles. The van der Waals surface area contributed by atoms with Crippen LogP contribution in [0.3, 0.4) is 0 Å². The summed E-state index contributed by atoms with van der Waals surface area (Å²) >= 11 is 0. The molecule has 0 spiro atoms. The molecule has 2 heterocycles. The predicted molar refractivity (Wildman–Crippen MR) is 93.7 cm³/mol. The van der Waals surface area contributed by atoms with Crippen LogP contribution in [0.5, 0.6) is 11.5 Å². The molecule has 25 heavy (non-hydrogen) atoms. The number of rotatable bonds is 6. The lowest BCUT2D eigenvalue weighted by Gasteiger charge is -2.36. The fourth-order valence-electron chi connectivity index (χ4n) is 3.36. The number of carbonyl (C=O) groups excluding carboxylic acids is 1. The Morgan fingerprint density at radius 1 is 1.28 bits per heavy atom. The van der Waals surface area contributed by atoms with E-state index in [0.29, 0.717) is 30.9 Å². The third-order valence-electron chi connectivity index (χ3n) is 4.72. The Labute approximate surface area is 147 Å². The molecule has 1 aromatic carbocycles. The summed E-state index contributed by atoms with van der Waals surface area (Å²) in [5.74, 6) is 1.27. The van der Waals surface area contributed by atoms with Crippen LogP contribution in [0, 0.1) is 0 Å². The van der Waals surface area contributed by atoms with E-state index >= 15 is 0 Å². The number of hydrogen-bond acceptors (Lipinski definition) is 5. The summed E-state index contributed by atoms with van der Waals surface area (Å²) in [7, 11) is 3.20. The van der Waals surface area contributed by atoms with Crippen molar-refractivity contribution in [2.75, 3.05) is 27.3 Å². The largest absolute Gasteiger partial charge is 0.493 e. The molecule has 3 rings (SSSR count). The van der Waals surface area contributed by atoms with Crippen LogP contribution in [0.15, 0.2) is 36.7 Å². The number of piperidine rings is 1. The van der Waals surface area contributed by atoms with Crippen LogP contribution in [0.4, 0.5) is 0 Å². The maximum Gasteiger partial charge on any atom is 0.248 e. The van der Waals surface area contributed by atoms with E-state index in [0.717, 1.165) is 18.7 Å². The van der Waals surface area contributed by atoms with Gasteiger partial charge in [0.15, 0.2) is 11.5 Å². The van der Waals surface area contributed by atoms with Crippen LogP contribution in [0.1, 0.15) is 18.4 Å². The number of aromatic nitrogens is 2. The fraction of sp³-hybridized carbons (Fsp3) is 0.444. The molecule has 1 fully saturated rings. The molecule has 1 aliphatic rings. The first-order valence-electron chi connectivity index (χ1n) is 8.40. The van der Waals surface area contributed by atoms with Crippen molar-refractivity contribution in [3.05, 3.63) is 42.2 Å². The molecule has 1 aliphatic heterocycles. The van der Waals surface area contributed by atoms with Gasteiger partial charge in [0.2, 0.25) is 5.91 Å². The molecule has 7 heteroatoms. The molecule has 0 atom stereocenters. The maximum atomic E-state index is 13.1. The number of benzene rings is 1. The van der Waals surface area contributed by atoms with E-state index in [-0.39, 0.29) is 5.91 Å². The fourth-order valence-corrected chi connectivity index (χ4v) is 3.36. The molecule has 0 unspecified atom stereocenters. The molecule has 0 radical (unpaired) electrons. The summed E-state index contributed by atoms with van der Waals surface area (Å²) in [5.41, 5.74) is 0.223. The van der Waals surface area contributed by atoms with Gasteiger partial charge in [-0.1, -0.05) is 12.1 Å². The quantitative estimate of drug-likeness (QED) is 0.826. The summed E-state index contributed by atoms with van der Waals surface area (Å²) in [6.45, 7) is 1.95. The Bertz CT molecular complexity index is 709. The standard InChI is InChI=1S/C18H24N4O3/c1-24-15-6-3-5-14(16(15)25-2)13-20-17(23)18(7-10-19-11-8-18)22-12-4-9-21-22/h3-6,9,12,19H,7-8,10-11,13H2,1-2H3,(H,20,23). The lowest BCUT2D eigenvalue weighted by molar-refractivity contribution is -0.132. The smallest absolute Gasteiger partial charge is 0.248 e. The molecule has 1 amide bonds. The van der Waals surface area contributed by atoms with Gasteiger partial charge in [-0.3, -0.25) is 9.48 Å². The number of para-hydroxylation sites is 1. The van der Waals surface area contributed by atoms with Gasteiger partial charge >= 0.3 is 0 Å². The topological polar surface area (TPSA) is 77.4 Å². The second kappa shape index (κ2) is 7.57. The predicted octanol–water partition coefficient (Wildman–Crippen LogP) is 1.30. The monoisotopic (exact) mass is 344 g/mol. The minimum Gasteiger partial charge on any atom is -0.493 e. The third-order valence-corrected chi connectivity index (χ3v) is 4.72. The summed E-state index contributed by atoms with van der Waals surface area (Å²) in [6.07, 6.45) is 4.98. The molecule has 2 N–H and O–H groups in total. The summed E-state index contributed by atoms with van der Waals surface area (Å²) in [5, 5.41) is 10.7. The molecule has 0 bridgehead atoms. The van der Waals surface area contributed by atoms with E-state index < -0.39 is 5.54 Å². The number of nitrogens with one attached hydrogen (secondary N) is 2. The molecule has 2 aromatic rings. The van der Waals surface area contributed by atoms with Crippen molar-refractivity contribution in [1.29, 1.82) is 0 Å². The van der Waals surface area contributed by atoms with Gasteiger partial charge in [-0.05, 0) is 38.1 Å². The van der Waals surface area contributed by atoms with Crippen molar-refractivity contribution >= 4 is 5.91 Å². The number of amides is 1. The van der Waals surface area contributed by atoms with Crippen LogP contribution in [-0.2, 0) is 16.9 Å². The SMILES string of the molecule is COc1cccc(CNC(=O)C2(n3cccn3)CCNCC2)c1OC. The zero-order valence-electron chi connectivity index (χ0n) is 14.6. The number of methoxy groups -OCH3 is 2. The average molecular weight is 344 g/mol. The summed E-state index contributed by atoms with van der Waals surface area (Å²) < 4.78 is 12.5. The number of carbonyl (C=O) groups is 1. The Kier molecular flexibility index (Phi) is 5.23. The molecule has 7 nitrogen and oxygen atoms in total. The van der Waals surface area contributed by atoms with E-state index in [1.807, 2.05) is 30.5 Å². The van der Waals surface area contributed by atoms with Crippen molar-refractivity contribution in [2.45, 2.75) is 24.9 Å². The van der Waals surface area contributed by atoms with E-state index in [9.17, 15) is 4.79 Å². The highest BCUT2D eigenvalue weighted by atomic mass is 16.5. The van der Waals surface area contributed by atoms with Crippen molar-refractivity contribution in [3.8, 4) is 11.5 Å². The van der Waals surface area contributed by atoms with Gasteiger partial charge in [-0.25, -0.2) is 0 Å². The van der Waals surface area contributed by atoms with E-state index in [4.69, 9.17) is 9.47 Å². The van der Waals surface area contributed by atoms with Gasteiger partial charge in [0.25, 0.3) is 0 Å². The average Bonchev–Trinajstić information content (AvgIpc) is 3.21. The van der Waals surface area contributed by atoms with E-state index in [1.165, 1.54) is 0 Å². The lowest BCUT2D eigenvalue weighted by atomic mass is 9.87. The Balaban J connectivity index is 1.79. The number of hydrogen-bond donors (Lipinski definition) is 2. The highest BCUT2D eigenvalue weighted by Gasteiger charge is 2.41. The van der Waals surface area contributed by atoms with Crippen molar-refractivity contribution in [3.63, 3.8) is 0 Å². The first-order chi connectivity index (χ1) is 12.2. The van der Waals surface area contributed by atoms with Crippen molar-refractivity contribution in [2.24, 2.45) is 0 Å². The summed E-state index contributed by atoms with van der Waals surface area (Å²) in [6, 6.07) is 7.49. The molecule has 0 saturated carbocycles. The Morgan fingerprint density at radius 3 is 2.72 bits per heavy atom. The van der Waals surface area contributed by atoms with Gasteiger partial charge in [0.1, 0.15) is 5.54 Å². The normalized spacial score (nSPS) is 16.2. The highest BCUT2D eigenvalue weighted by Crippen LogP contribution is 2.31. The minimum absolute atomic E-state index is 0.0254. The third kappa shape index (κ3) is 3.32. The first kappa shape index (κ1) is 17.3. The molecule has 1 saturated heterocycles. The van der Waals surface area contributed by atoms with Gasteiger partial charge in [-0.15, -0.1) is 0 Å². The van der Waals surface area contributed by atoms with Crippen molar-refractivity contribution < 1.29 is 14.3 Å². The van der Waals surface area contributed by atoms with Crippen LogP contribution in [0.25, 0.3) is 0 Å². The van der Waals surface area contributed by atoms with Gasteiger partial charge in [0, 0.05) is 24.5 Å². The number of nitrogens with zero attached hydrogens (tertiary/aromatic N) is 2. The van der Waals surface area contributed by atoms with Crippen molar-refractivity contribution in [1.82, 2.24) is 20.4 Å². The first-order valence-corrected chi connectivity index (χ1v) is 8.40. The van der Waals surface area contributed by atoms with E-state index in [2.05, 4.69) is 15.7 Å². The lowest BCUT2D eigenvalue weighted by Crippen LogP contribution is -2.54. The number of ether oxygens (including phenoxy) is 2. The van der Waals surface area contributed by atoms with Crippen LogP contribution < -0.4 is 20.1 Å². The minimum atomic E-state index is -0.652. The Morgan fingerprint density at radius 2 is 2.08 bits per heavy atom. The van der Waals surface area contributed by atoms with Crippen LogP contribution >= 0.6 is 0 Å². The highest BCUT2D eigenvalue weighted by molar-refractivity contribution is 5.84. The summed E-state index contributed by atoms with van der Waals surface area (Å²) in [4.78, 5) is 13.1. The van der Waals surface area contributed by atoms with Gasteiger partial charge in [-0.2, -0.15) is 5.10 Å². The van der Waals surface area contributed by atoms with Crippen LogP contribution in [-0.4, -0.2) is 43.0 Å². The molecular weight excluding hydrogens is 320 g/mol. The van der Waals surface area contributed by atoms with Crippen LogP contribution in [0.2, 0.25) is 0 Å². The van der Waals surface area contributed by atoms with E-state index in [1.54, 1.807) is 25.1 Å². The molecule has 1 aromatic heterocycles. The Hall–Kier alpha value is -2.54.